The Bertz CT molecular complexity index is 496. The first kappa shape index (κ1) is 17.5. The zero-order chi connectivity index (χ0) is 16.3. The molecule has 0 saturated heterocycles. The number of ether oxygens (including phenoxy) is 1. The molecule has 3 N–H and O–H groups in total. The van der Waals surface area contributed by atoms with Gasteiger partial charge in [0, 0.05) is 0 Å². The van der Waals surface area contributed by atoms with Crippen LogP contribution in [0.4, 0.5) is 0 Å². The molecule has 0 aliphatic carbocycles. The van der Waals surface area contributed by atoms with E-state index in [1.165, 1.54) is 5.56 Å². The highest BCUT2D eigenvalue weighted by atomic mass is 16.5. The van der Waals surface area contributed by atoms with Crippen molar-refractivity contribution in [3.63, 3.8) is 0 Å². The van der Waals surface area contributed by atoms with E-state index in [0.29, 0.717) is 6.61 Å². The lowest BCUT2D eigenvalue weighted by molar-refractivity contribution is -0.121. The number of rotatable bonds is 4. The van der Waals surface area contributed by atoms with E-state index in [2.05, 4.69) is 59.1 Å². The number of hydrogen-bond donors (Lipinski definition) is 2. The summed E-state index contributed by atoms with van der Waals surface area (Å²) in [5, 5.41) is 0. The van der Waals surface area contributed by atoms with E-state index in [9.17, 15) is 4.79 Å². The van der Waals surface area contributed by atoms with E-state index in [4.69, 9.17) is 10.6 Å². The van der Waals surface area contributed by atoms with Crippen LogP contribution in [0, 0.1) is 0 Å². The molecule has 0 radical (unpaired) electrons. The number of hydrazine groups is 1. The van der Waals surface area contributed by atoms with Crippen molar-refractivity contribution in [3.05, 3.63) is 29.3 Å². The van der Waals surface area contributed by atoms with E-state index in [0.717, 1.165) is 11.3 Å². The first-order chi connectivity index (χ1) is 9.55. The number of carbonyl (C=O) groups is 1. The van der Waals surface area contributed by atoms with Crippen molar-refractivity contribution in [2.24, 2.45) is 5.84 Å². The largest absolute Gasteiger partial charge is 0.493 e. The van der Waals surface area contributed by atoms with Crippen LogP contribution in [0.25, 0.3) is 0 Å². The zero-order valence-corrected chi connectivity index (χ0v) is 14.0. The van der Waals surface area contributed by atoms with Gasteiger partial charge in [0.15, 0.2) is 0 Å². The summed E-state index contributed by atoms with van der Waals surface area (Å²) in [6.45, 7) is 13.4. The van der Waals surface area contributed by atoms with Crippen LogP contribution < -0.4 is 16.0 Å². The van der Waals surface area contributed by atoms with Crippen LogP contribution in [0.2, 0.25) is 0 Å². The molecule has 21 heavy (non-hydrogen) atoms. The van der Waals surface area contributed by atoms with E-state index in [1.807, 2.05) is 6.07 Å². The van der Waals surface area contributed by atoms with Crippen LogP contribution >= 0.6 is 0 Å². The Morgan fingerprint density at radius 3 is 2.24 bits per heavy atom. The summed E-state index contributed by atoms with van der Waals surface area (Å²) in [5.74, 6) is 5.67. The van der Waals surface area contributed by atoms with E-state index in [1.54, 1.807) is 0 Å². The van der Waals surface area contributed by atoms with Gasteiger partial charge in [-0.3, -0.25) is 10.2 Å². The summed E-state index contributed by atoms with van der Waals surface area (Å²) < 4.78 is 5.79. The highest BCUT2D eigenvalue weighted by molar-refractivity contribution is 5.75. The Balaban J connectivity index is 3.01. The Kier molecular flexibility index (Phi) is 5.40. The second-order valence-electron chi connectivity index (χ2n) is 7.38. The molecule has 1 aromatic carbocycles. The van der Waals surface area contributed by atoms with E-state index >= 15 is 0 Å². The van der Waals surface area contributed by atoms with Crippen molar-refractivity contribution in [1.82, 2.24) is 5.43 Å². The molecule has 0 atom stereocenters. The molecule has 0 unspecified atom stereocenters. The van der Waals surface area contributed by atoms with Crippen LogP contribution in [0.15, 0.2) is 18.2 Å². The first-order valence-corrected chi connectivity index (χ1v) is 7.33. The summed E-state index contributed by atoms with van der Waals surface area (Å²) in [6.07, 6.45) is 0.251. The number of carbonyl (C=O) groups excluding carboxylic acids is 1. The van der Waals surface area contributed by atoms with Crippen molar-refractivity contribution >= 4 is 5.91 Å². The Morgan fingerprint density at radius 1 is 1.14 bits per heavy atom. The maximum Gasteiger partial charge on any atom is 0.237 e. The molecule has 0 fully saturated rings. The fourth-order valence-corrected chi connectivity index (χ4v) is 2.03. The third kappa shape index (κ3) is 5.05. The number of hydrogen-bond acceptors (Lipinski definition) is 3. The van der Waals surface area contributed by atoms with Crippen LogP contribution in [0.5, 0.6) is 5.75 Å². The number of benzene rings is 1. The normalized spacial score (nSPS) is 12.1. The van der Waals surface area contributed by atoms with Crippen LogP contribution in [0.1, 0.15) is 59.1 Å². The fourth-order valence-electron chi connectivity index (χ4n) is 2.03. The van der Waals surface area contributed by atoms with Gasteiger partial charge in [-0.25, -0.2) is 5.84 Å². The van der Waals surface area contributed by atoms with Gasteiger partial charge in [-0.15, -0.1) is 0 Å². The molecular formula is C17H28N2O2. The predicted molar refractivity (Wildman–Crippen MR) is 86.3 cm³/mol. The number of amides is 1. The lowest BCUT2D eigenvalue weighted by Crippen LogP contribution is -2.31. The average molecular weight is 292 g/mol. The smallest absolute Gasteiger partial charge is 0.237 e. The lowest BCUT2D eigenvalue weighted by Gasteiger charge is -2.27. The summed E-state index contributed by atoms with van der Waals surface area (Å²) in [6, 6.07) is 6.30. The van der Waals surface area contributed by atoms with Crippen molar-refractivity contribution in [2.75, 3.05) is 6.61 Å². The monoisotopic (exact) mass is 292 g/mol. The van der Waals surface area contributed by atoms with Gasteiger partial charge < -0.3 is 4.74 Å². The molecule has 0 aliphatic heterocycles. The summed E-state index contributed by atoms with van der Waals surface area (Å²) in [7, 11) is 0. The quantitative estimate of drug-likeness (QED) is 0.509. The summed E-state index contributed by atoms with van der Waals surface area (Å²) in [5.41, 5.74) is 4.61. The van der Waals surface area contributed by atoms with Crippen LogP contribution in [-0.4, -0.2) is 12.5 Å². The molecule has 0 saturated carbocycles. The third-order valence-corrected chi connectivity index (χ3v) is 3.40. The summed E-state index contributed by atoms with van der Waals surface area (Å²) in [4.78, 5) is 11.2. The van der Waals surface area contributed by atoms with Crippen molar-refractivity contribution in [3.8, 4) is 5.75 Å². The molecule has 0 aliphatic rings. The highest BCUT2D eigenvalue weighted by Crippen LogP contribution is 2.35. The van der Waals surface area contributed by atoms with Gasteiger partial charge in [-0.05, 0) is 28.0 Å². The van der Waals surface area contributed by atoms with Crippen molar-refractivity contribution in [1.29, 1.82) is 0 Å². The minimum Gasteiger partial charge on any atom is -0.493 e. The van der Waals surface area contributed by atoms with E-state index in [-0.39, 0.29) is 23.2 Å². The van der Waals surface area contributed by atoms with Crippen molar-refractivity contribution in [2.45, 2.75) is 58.8 Å². The molecule has 0 aromatic heterocycles. The molecule has 118 valence electrons. The molecule has 0 spiro atoms. The molecular weight excluding hydrogens is 264 g/mol. The zero-order valence-electron chi connectivity index (χ0n) is 14.0. The molecule has 1 amide bonds. The maximum absolute atomic E-state index is 11.2. The Morgan fingerprint density at radius 2 is 1.76 bits per heavy atom. The Hall–Kier alpha value is -1.55. The predicted octanol–water partition coefficient (Wildman–Crippen LogP) is 3.04. The van der Waals surface area contributed by atoms with Gasteiger partial charge in [0.25, 0.3) is 0 Å². The van der Waals surface area contributed by atoms with Crippen LogP contribution in [0.3, 0.4) is 0 Å². The Labute approximate surface area is 128 Å². The average Bonchev–Trinajstić information content (AvgIpc) is 2.36. The standard InChI is InChI=1S/C17H28N2O2/c1-16(2,3)12-7-8-14(13(11-12)17(4,5)6)21-10-9-15(20)19-18/h7-8,11H,9-10,18H2,1-6H3,(H,19,20). The van der Waals surface area contributed by atoms with Gasteiger partial charge in [0.1, 0.15) is 5.75 Å². The SMILES string of the molecule is CC(C)(C)c1ccc(OCCC(=O)NN)c(C(C)(C)C)c1. The third-order valence-electron chi connectivity index (χ3n) is 3.40. The topological polar surface area (TPSA) is 64.3 Å². The van der Waals surface area contributed by atoms with Gasteiger partial charge >= 0.3 is 0 Å². The van der Waals surface area contributed by atoms with E-state index < -0.39 is 0 Å². The second-order valence-corrected chi connectivity index (χ2v) is 7.38. The van der Waals surface area contributed by atoms with Crippen LogP contribution in [-0.2, 0) is 15.6 Å². The maximum atomic E-state index is 11.2. The molecule has 4 heteroatoms. The number of nitrogens with two attached hydrogens (primary N) is 1. The molecule has 0 heterocycles. The highest BCUT2D eigenvalue weighted by Gasteiger charge is 2.23. The lowest BCUT2D eigenvalue weighted by atomic mass is 9.80. The van der Waals surface area contributed by atoms with Gasteiger partial charge in [-0.2, -0.15) is 0 Å². The number of nitrogens with one attached hydrogen (secondary N) is 1. The summed E-state index contributed by atoms with van der Waals surface area (Å²) >= 11 is 0. The fraction of sp³-hybridized carbons (Fsp3) is 0.588. The van der Waals surface area contributed by atoms with Crippen molar-refractivity contribution < 1.29 is 9.53 Å². The molecule has 1 rings (SSSR count). The molecule has 1 aromatic rings. The first-order valence-electron chi connectivity index (χ1n) is 7.33. The van der Waals surface area contributed by atoms with Gasteiger partial charge in [-0.1, -0.05) is 53.7 Å². The van der Waals surface area contributed by atoms with Gasteiger partial charge in [0.2, 0.25) is 5.91 Å². The minimum atomic E-state index is -0.223. The molecule has 4 nitrogen and oxygen atoms in total. The minimum absolute atomic E-state index is 0.0211. The second kappa shape index (κ2) is 6.48. The molecule has 0 bridgehead atoms. The van der Waals surface area contributed by atoms with Gasteiger partial charge in [0.05, 0.1) is 13.0 Å².